The van der Waals surface area contributed by atoms with E-state index in [2.05, 4.69) is 5.32 Å². The highest BCUT2D eigenvalue weighted by molar-refractivity contribution is 5.99. The molecule has 0 bridgehead atoms. The number of hydrogen-bond donors (Lipinski definition) is 1. The molecule has 0 aromatic carbocycles. The van der Waals surface area contributed by atoms with Gasteiger partial charge >= 0.3 is 0 Å². The van der Waals surface area contributed by atoms with Crippen LogP contribution in [0, 0.1) is 5.92 Å². The molecule has 2 unspecified atom stereocenters. The van der Waals surface area contributed by atoms with Gasteiger partial charge in [-0.15, -0.1) is 0 Å². The zero-order valence-corrected chi connectivity index (χ0v) is 10.2. The van der Waals surface area contributed by atoms with Gasteiger partial charge in [0, 0.05) is 6.54 Å². The lowest BCUT2D eigenvalue weighted by atomic mass is 9.90. The first-order chi connectivity index (χ1) is 7.49. The minimum Gasteiger partial charge on any atom is -0.343 e. The summed E-state index contributed by atoms with van der Waals surface area (Å²) in [5, 5.41) is 2.76. The molecular formula is C12H20N2O2. The molecule has 0 aromatic rings. The summed E-state index contributed by atoms with van der Waals surface area (Å²) in [7, 11) is 0. The van der Waals surface area contributed by atoms with Crippen LogP contribution in [-0.2, 0) is 9.59 Å². The molecular weight excluding hydrogens is 204 g/mol. The molecule has 1 heterocycles. The van der Waals surface area contributed by atoms with E-state index in [0.29, 0.717) is 12.3 Å². The molecule has 2 rings (SSSR count). The minimum absolute atomic E-state index is 0.0113. The zero-order valence-electron chi connectivity index (χ0n) is 10.2. The van der Waals surface area contributed by atoms with Crippen LogP contribution in [0.2, 0.25) is 0 Å². The summed E-state index contributed by atoms with van der Waals surface area (Å²) in [4.78, 5) is 25.9. The Hall–Kier alpha value is -1.06. The van der Waals surface area contributed by atoms with Crippen molar-refractivity contribution in [2.24, 2.45) is 5.92 Å². The van der Waals surface area contributed by atoms with E-state index in [-0.39, 0.29) is 17.9 Å². The highest BCUT2D eigenvalue weighted by Crippen LogP contribution is 2.34. The van der Waals surface area contributed by atoms with E-state index >= 15 is 0 Å². The van der Waals surface area contributed by atoms with Gasteiger partial charge in [-0.25, -0.2) is 0 Å². The molecule has 16 heavy (non-hydrogen) atoms. The largest absolute Gasteiger partial charge is 0.343 e. The molecule has 1 aliphatic carbocycles. The fourth-order valence-electron chi connectivity index (χ4n) is 2.21. The molecule has 1 N–H and O–H groups in total. The maximum absolute atomic E-state index is 12.1. The normalized spacial score (nSPS) is 35.2. The van der Waals surface area contributed by atoms with Crippen molar-refractivity contribution in [3.05, 3.63) is 0 Å². The van der Waals surface area contributed by atoms with Gasteiger partial charge in [0.1, 0.15) is 11.6 Å². The molecule has 0 spiro atoms. The lowest BCUT2D eigenvalue weighted by Crippen LogP contribution is -2.68. The van der Waals surface area contributed by atoms with Crippen molar-refractivity contribution in [1.29, 1.82) is 0 Å². The van der Waals surface area contributed by atoms with Crippen molar-refractivity contribution in [1.82, 2.24) is 10.2 Å². The lowest BCUT2D eigenvalue weighted by molar-refractivity contribution is -0.156. The molecule has 2 aliphatic rings. The Morgan fingerprint density at radius 2 is 2.06 bits per heavy atom. The maximum atomic E-state index is 12.1. The molecule has 2 amide bonds. The molecule has 4 heteroatoms. The first-order valence-corrected chi connectivity index (χ1v) is 6.11. The summed E-state index contributed by atoms with van der Waals surface area (Å²) in [5.74, 6) is 0.673. The summed E-state index contributed by atoms with van der Waals surface area (Å²) >= 11 is 0. The second kappa shape index (κ2) is 3.75. The quantitative estimate of drug-likeness (QED) is 0.774. The van der Waals surface area contributed by atoms with Crippen LogP contribution in [0.1, 0.15) is 40.0 Å². The third-order valence-corrected chi connectivity index (χ3v) is 3.90. The van der Waals surface area contributed by atoms with Crippen molar-refractivity contribution in [3.63, 3.8) is 0 Å². The van der Waals surface area contributed by atoms with E-state index in [9.17, 15) is 9.59 Å². The summed E-state index contributed by atoms with van der Waals surface area (Å²) in [6, 6.07) is -0.370. The van der Waals surface area contributed by atoms with Crippen LogP contribution in [0.25, 0.3) is 0 Å². The van der Waals surface area contributed by atoms with E-state index in [1.165, 1.54) is 12.8 Å². The number of carbonyl (C=O) groups is 2. The molecule has 90 valence electrons. The van der Waals surface area contributed by atoms with Gasteiger partial charge in [0.15, 0.2) is 0 Å². The van der Waals surface area contributed by atoms with Gasteiger partial charge in [-0.2, -0.15) is 0 Å². The average molecular weight is 224 g/mol. The summed E-state index contributed by atoms with van der Waals surface area (Å²) in [6.07, 6.45) is 3.06. The van der Waals surface area contributed by atoms with Gasteiger partial charge in [-0.05, 0) is 39.0 Å². The van der Waals surface area contributed by atoms with Crippen molar-refractivity contribution < 1.29 is 9.59 Å². The van der Waals surface area contributed by atoms with Crippen LogP contribution in [0.15, 0.2) is 0 Å². The molecule has 1 saturated heterocycles. The predicted octanol–water partition coefficient (Wildman–Crippen LogP) is 0.912. The van der Waals surface area contributed by atoms with Crippen LogP contribution >= 0.6 is 0 Å². The standard InChI is InChI=1S/C12H20N2O2/c1-4-12(3)11(16)13-8(2)10(15)14(12)7-9-5-6-9/h8-9H,4-7H2,1-3H3,(H,13,16). The maximum Gasteiger partial charge on any atom is 0.246 e. The van der Waals surface area contributed by atoms with Gasteiger partial charge in [0.25, 0.3) is 0 Å². The van der Waals surface area contributed by atoms with Crippen molar-refractivity contribution in [2.75, 3.05) is 6.54 Å². The Bertz CT molecular complexity index is 325. The second-order valence-electron chi connectivity index (χ2n) is 5.21. The Balaban J connectivity index is 2.23. The van der Waals surface area contributed by atoms with E-state index < -0.39 is 5.54 Å². The molecule has 2 atom stereocenters. The lowest BCUT2D eigenvalue weighted by Gasteiger charge is -2.45. The van der Waals surface area contributed by atoms with Crippen LogP contribution < -0.4 is 5.32 Å². The van der Waals surface area contributed by atoms with E-state index in [1.54, 1.807) is 11.8 Å². The van der Waals surface area contributed by atoms with Gasteiger partial charge < -0.3 is 10.2 Å². The Kier molecular flexibility index (Phi) is 2.68. The molecule has 0 radical (unpaired) electrons. The Morgan fingerprint density at radius 1 is 1.44 bits per heavy atom. The Labute approximate surface area is 96.4 Å². The molecule has 4 nitrogen and oxygen atoms in total. The number of amides is 2. The highest BCUT2D eigenvalue weighted by Gasteiger charge is 2.48. The second-order valence-corrected chi connectivity index (χ2v) is 5.21. The van der Waals surface area contributed by atoms with Gasteiger partial charge in [-0.3, -0.25) is 9.59 Å². The number of nitrogens with zero attached hydrogens (tertiary/aromatic N) is 1. The van der Waals surface area contributed by atoms with E-state index in [4.69, 9.17) is 0 Å². The van der Waals surface area contributed by atoms with Crippen LogP contribution in [0.4, 0.5) is 0 Å². The van der Waals surface area contributed by atoms with E-state index in [1.807, 2.05) is 13.8 Å². The highest BCUT2D eigenvalue weighted by atomic mass is 16.2. The van der Waals surface area contributed by atoms with Gasteiger partial charge in [0.05, 0.1) is 0 Å². The topological polar surface area (TPSA) is 49.4 Å². The first kappa shape index (κ1) is 11.4. The predicted molar refractivity (Wildman–Crippen MR) is 60.7 cm³/mol. The third kappa shape index (κ3) is 1.70. The number of rotatable bonds is 3. The molecule has 1 aliphatic heterocycles. The van der Waals surface area contributed by atoms with Gasteiger partial charge in [-0.1, -0.05) is 6.92 Å². The van der Waals surface area contributed by atoms with Gasteiger partial charge in [0.2, 0.25) is 11.8 Å². The first-order valence-electron chi connectivity index (χ1n) is 6.11. The van der Waals surface area contributed by atoms with Crippen molar-refractivity contribution in [3.8, 4) is 0 Å². The van der Waals surface area contributed by atoms with Crippen LogP contribution in [0.3, 0.4) is 0 Å². The fraction of sp³-hybridized carbons (Fsp3) is 0.833. The van der Waals surface area contributed by atoms with Crippen molar-refractivity contribution >= 4 is 11.8 Å². The van der Waals surface area contributed by atoms with Crippen molar-refractivity contribution in [2.45, 2.75) is 51.6 Å². The Morgan fingerprint density at radius 3 is 2.56 bits per heavy atom. The number of piperazine rings is 1. The number of hydrogen-bond acceptors (Lipinski definition) is 2. The summed E-state index contributed by atoms with van der Waals surface area (Å²) < 4.78 is 0. The summed E-state index contributed by atoms with van der Waals surface area (Å²) in [6.45, 7) is 6.34. The smallest absolute Gasteiger partial charge is 0.246 e. The summed E-state index contributed by atoms with van der Waals surface area (Å²) in [5.41, 5.74) is -0.647. The molecule has 0 aromatic heterocycles. The minimum atomic E-state index is -0.647. The average Bonchev–Trinajstić information content (AvgIpc) is 3.05. The molecule has 1 saturated carbocycles. The third-order valence-electron chi connectivity index (χ3n) is 3.90. The van der Waals surface area contributed by atoms with E-state index in [0.717, 1.165) is 6.54 Å². The number of carbonyl (C=O) groups excluding carboxylic acids is 2. The zero-order chi connectivity index (χ0) is 11.9. The van der Waals surface area contributed by atoms with Crippen LogP contribution in [-0.4, -0.2) is 34.8 Å². The fourth-order valence-corrected chi connectivity index (χ4v) is 2.21. The monoisotopic (exact) mass is 224 g/mol. The SMILES string of the molecule is CCC1(C)C(=O)NC(C)C(=O)N1CC1CC1. The molecule has 2 fully saturated rings. The number of nitrogens with one attached hydrogen (secondary N) is 1. The van der Waals surface area contributed by atoms with Crippen LogP contribution in [0.5, 0.6) is 0 Å².